The van der Waals surface area contributed by atoms with E-state index in [4.69, 9.17) is 19.4 Å². The molecule has 5 nitrogen and oxygen atoms in total. The van der Waals surface area contributed by atoms with Crippen molar-refractivity contribution in [1.29, 1.82) is 0 Å². The van der Waals surface area contributed by atoms with Crippen LogP contribution in [0.4, 0.5) is 0 Å². The Hall–Kier alpha value is -7.76. The van der Waals surface area contributed by atoms with Crippen molar-refractivity contribution < 1.29 is 4.42 Å². The molecule has 0 aliphatic heterocycles. The van der Waals surface area contributed by atoms with E-state index < -0.39 is 0 Å². The summed E-state index contributed by atoms with van der Waals surface area (Å²) in [5.41, 5.74) is 13.0. The van der Waals surface area contributed by atoms with E-state index in [0.29, 0.717) is 5.82 Å². The highest BCUT2D eigenvalue weighted by atomic mass is 16.3. The number of nitrogens with zero attached hydrogens (tertiary/aromatic N) is 4. The molecule has 266 valence electrons. The molecule has 11 aromatic rings. The van der Waals surface area contributed by atoms with Crippen molar-refractivity contribution in [1.82, 2.24) is 19.9 Å². The van der Waals surface area contributed by atoms with Gasteiger partial charge in [0.05, 0.1) is 17.1 Å². The third-order valence-electron chi connectivity index (χ3n) is 10.8. The lowest BCUT2D eigenvalue weighted by Gasteiger charge is -2.15. The van der Waals surface area contributed by atoms with Gasteiger partial charge >= 0.3 is 0 Å². The number of hydrogen-bond acceptors (Lipinski definition) is 5. The molecule has 0 N–H and O–H groups in total. The summed E-state index contributed by atoms with van der Waals surface area (Å²) in [7, 11) is 0. The Kier molecular flexibility index (Phi) is 7.74. The van der Waals surface area contributed by atoms with E-state index in [9.17, 15) is 0 Å². The highest BCUT2D eigenvalue weighted by Gasteiger charge is 2.19. The minimum absolute atomic E-state index is 0.635. The minimum Gasteiger partial charge on any atom is -0.454 e. The second-order valence-corrected chi connectivity index (χ2v) is 14.2. The molecule has 4 aromatic heterocycles. The summed E-state index contributed by atoms with van der Waals surface area (Å²) in [5, 5.41) is 5.80. The van der Waals surface area contributed by atoms with Crippen molar-refractivity contribution >= 4 is 43.6 Å². The Bertz CT molecular complexity index is 3300. The van der Waals surface area contributed by atoms with E-state index in [0.717, 1.165) is 83.7 Å². The van der Waals surface area contributed by atoms with Gasteiger partial charge < -0.3 is 4.42 Å². The number of furan rings is 1. The molecule has 0 radical (unpaired) electrons. The van der Waals surface area contributed by atoms with Crippen molar-refractivity contribution in [3.8, 4) is 67.4 Å². The van der Waals surface area contributed by atoms with Crippen LogP contribution < -0.4 is 0 Å². The highest BCUT2D eigenvalue weighted by molar-refractivity contribution is 6.14. The summed E-state index contributed by atoms with van der Waals surface area (Å²) in [6.45, 7) is 0. The molecule has 0 atom stereocenters. The molecule has 0 fully saturated rings. The third kappa shape index (κ3) is 5.81. The minimum atomic E-state index is 0.635. The Morgan fingerprint density at radius 3 is 1.84 bits per heavy atom. The van der Waals surface area contributed by atoms with Crippen LogP contribution in [0.25, 0.3) is 111 Å². The van der Waals surface area contributed by atoms with Crippen molar-refractivity contribution in [3.05, 3.63) is 194 Å². The molecule has 0 saturated heterocycles. The van der Waals surface area contributed by atoms with E-state index in [2.05, 4.69) is 126 Å². The Morgan fingerprint density at radius 2 is 1.00 bits per heavy atom. The number of benzene rings is 7. The zero-order valence-electron chi connectivity index (χ0n) is 30.7. The lowest BCUT2D eigenvalue weighted by atomic mass is 9.90. The Labute approximate surface area is 328 Å². The molecule has 0 aliphatic rings. The van der Waals surface area contributed by atoms with Crippen LogP contribution in [-0.2, 0) is 0 Å². The number of rotatable bonds is 6. The Morgan fingerprint density at radius 1 is 0.351 bits per heavy atom. The first kappa shape index (κ1) is 32.7. The Balaban J connectivity index is 1.18. The summed E-state index contributed by atoms with van der Waals surface area (Å²) in [4.78, 5) is 19.9. The molecule has 0 spiro atoms. The normalized spacial score (nSPS) is 11.5. The quantitative estimate of drug-likeness (QED) is 0.160. The maximum absolute atomic E-state index is 6.57. The zero-order valence-corrected chi connectivity index (χ0v) is 30.7. The maximum Gasteiger partial charge on any atom is 0.161 e. The van der Waals surface area contributed by atoms with Crippen LogP contribution in [0.3, 0.4) is 0 Å². The number of pyridine rings is 2. The first-order valence-electron chi connectivity index (χ1n) is 19.0. The fourth-order valence-corrected chi connectivity index (χ4v) is 8.04. The van der Waals surface area contributed by atoms with Crippen LogP contribution in [0, 0.1) is 0 Å². The van der Waals surface area contributed by atoms with Gasteiger partial charge in [0.1, 0.15) is 11.1 Å². The largest absolute Gasteiger partial charge is 0.454 e. The average Bonchev–Trinajstić information content (AvgIpc) is 3.68. The first-order valence-corrected chi connectivity index (χ1v) is 19.0. The van der Waals surface area contributed by atoms with Gasteiger partial charge in [0.25, 0.3) is 0 Å². The van der Waals surface area contributed by atoms with E-state index in [1.165, 1.54) is 21.5 Å². The van der Waals surface area contributed by atoms with Crippen LogP contribution in [0.15, 0.2) is 199 Å². The summed E-state index contributed by atoms with van der Waals surface area (Å²) in [6, 6.07) is 63.2. The number of aromatic nitrogens is 4. The molecular formula is C52H32N4O. The van der Waals surface area contributed by atoms with Gasteiger partial charge in [-0.1, -0.05) is 115 Å². The lowest BCUT2D eigenvalue weighted by Crippen LogP contribution is -1.97. The topological polar surface area (TPSA) is 64.7 Å². The first-order chi connectivity index (χ1) is 28.2. The molecule has 0 bridgehead atoms. The molecule has 57 heavy (non-hydrogen) atoms. The van der Waals surface area contributed by atoms with E-state index >= 15 is 0 Å². The van der Waals surface area contributed by atoms with Crippen LogP contribution in [0.5, 0.6) is 0 Å². The van der Waals surface area contributed by atoms with Gasteiger partial charge in [-0.15, -0.1) is 0 Å². The van der Waals surface area contributed by atoms with E-state index in [1.807, 2.05) is 73.1 Å². The second-order valence-electron chi connectivity index (χ2n) is 14.2. The molecule has 0 saturated carbocycles. The summed E-state index contributed by atoms with van der Waals surface area (Å²) in [6.07, 6.45) is 3.69. The van der Waals surface area contributed by atoms with Gasteiger partial charge in [0.2, 0.25) is 0 Å². The van der Waals surface area contributed by atoms with Gasteiger partial charge in [-0.25, -0.2) is 9.97 Å². The molecule has 0 amide bonds. The fraction of sp³-hybridized carbons (Fsp3) is 0. The van der Waals surface area contributed by atoms with Crippen molar-refractivity contribution in [2.75, 3.05) is 0 Å². The lowest BCUT2D eigenvalue weighted by molar-refractivity contribution is 0.669. The molecule has 11 rings (SSSR count). The van der Waals surface area contributed by atoms with Gasteiger partial charge in [-0.3, -0.25) is 9.97 Å². The van der Waals surface area contributed by atoms with Crippen LogP contribution in [0.2, 0.25) is 0 Å². The van der Waals surface area contributed by atoms with Crippen molar-refractivity contribution in [2.24, 2.45) is 0 Å². The molecule has 0 unspecified atom stereocenters. The molecule has 7 aromatic carbocycles. The number of para-hydroxylation sites is 1. The summed E-state index contributed by atoms with van der Waals surface area (Å²) >= 11 is 0. The average molecular weight is 729 g/mol. The summed E-state index contributed by atoms with van der Waals surface area (Å²) < 4.78 is 6.57. The monoisotopic (exact) mass is 728 g/mol. The predicted molar refractivity (Wildman–Crippen MR) is 233 cm³/mol. The molecule has 5 heteroatoms. The second kappa shape index (κ2) is 13.5. The van der Waals surface area contributed by atoms with Gasteiger partial charge in [0.15, 0.2) is 11.4 Å². The molecule has 4 heterocycles. The van der Waals surface area contributed by atoms with Gasteiger partial charge in [0, 0.05) is 45.6 Å². The van der Waals surface area contributed by atoms with Gasteiger partial charge in [-0.2, -0.15) is 0 Å². The van der Waals surface area contributed by atoms with Crippen molar-refractivity contribution in [2.45, 2.75) is 0 Å². The van der Waals surface area contributed by atoms with Crippen LogP contribution in [0.1, 0.15) is 0 Å². The summed E-state index contributed by atoms with van der Waals surface area (Å²) in [5.74, 6) is 0.635. The van der Waals surface area contributed by atoms with E-state index in [-0.39, 0.29) is 0 Å². The van der Waals surface area contributed by atoms with Crippen LogP contribution in [-0.4, -0.2) is 19.9 Å². The SMILES string of the molecule is c1ccc(-c2cc(-c3cc(-c4cc5ccccc5c5ccccc45)cc(-c4ccnc5c4oc4ccccc45)c3)nc(-c3cccc(-c4ccccn4)c3)n2)cc1. The van der Waals surface area contributed by atoms with E-state index in [1.54, 1.807) is 0 Å². The smallest absolute Gasteiger partial charge is 0.161 e. The number of fused-ring (bicyclic) bond motifs is 6. The standard InChI is InChI=1S/C52H32N4O/c1-2-13-33(14-3-1)47-32-48(56-52(55-47)36-17-12-16-35(27-36)46-22-10-11-25-53-46)39-29-37(41-24-26-54-50-44-21-8-9-23-49(44)57-51(41)50)28-38(30-39)45-31-34-15-4-5-18-40(34)42-19-6-7-20-43(42)45/h1-32H. The molecular weight excluding hydrogens is 697 g/mol. The maximum atomic E-state index is 6.57. The zero-order chi connectivity index (χ0) is 37.7. The third-order valence-corrected chi connectivity index (χ3v) is 10.8. The predicted octanol–water partition coefficient (Wildman–Crippen LogP) is 13.5. The molecule has 0 aliphatic carbocycles. The van der Waals surface area contributed by atoms with Crippen LogP contribution >= 0.6 is 0 Å². The highest BCUT2D eigenvalue weighted by Crippen LogP contribution is 2.42. The fourth-order valence-electron chi connectivity index (χ4n) is 8.04. The van der Waals surface area contributed by atoms with Gasteiger partial charge in [-0.05, 0) is 105 Å². The van der Waals surface area contributed by atoms with Crippen molar-refractivity contribution in [3.63, 3.8) is 0 Å². The number of hydrogen-bond donors (Lipinski definition) is 0.